The monoisotopic (exact) mass is 347 g/mol. The first-order valence-electron chi connectivity index (χ1n) is 8.86. The molecule has 7 heteroatoms. The Labute approximate surface area is 149 Å². The van der Waals surface area contributed by atoms with Crippen molar-refractivity contribution in [3.8, 4) is 0 Å². The van der Waals surface area contributed by atoms with Crippen molar-refractivity contribution in [3.05, 3.63) is 24.2 Å². The van der Waals surface area contributed by atoms with E-state index < -0.39 is 5.60 Å². The molecule has 1 aliphatic heterocycles. The van der Waals surface area contributed by atoms with Gasteiger partial charge in [-0.15, -0.1) is 0 Å². The zero-order valence-corrected chi connectivity index (χ0v) is 16.1. The summed E-state index contributed by atoms with van der Waals surface area (Å²) in [5.41, 5.74) is 2.50. The summed E-state index contributed by atoms with van der Waals surface area (Å²) in [6, 6.07) is 0. The van der Waals surface area contributed by atoms with E-state index in [0.717, 1.165) is 30.0 Å². The third-order valence-corrected chi connectivity index (χ3v) is 3.82. The van der Waals surface area contributed by atoms with Crippen LogP contribution in [0.2, 0.25) is 0 Å². The molecule has 0 radical (unpaired) electrons. The number of ether oxygens (including phenoxy) is 1. The lowest BCUT2D eigenvalue weighted by molar-refractivity contribution is 0.0240. The Balaban J connectivity index is 0.00000109. The number of hydrogen-bond acceptors (Lipinski definition) is 5. The molecule has 0 unspecified atom stereocenters. The molecule has 7 nitrogen and oxygen atoms in total. The molecule has 0 saturated carbocycles. The molecule has 1 aliphatic rings. The summed E-state index contributed by atoms with van der Waals surface area (Å²) in [5.74, 6) is 0. The molecular weight excluding hydrogens is 318 g/mol. The van der Waals surface area contributed by atoms with Gasteiger partial charge in [0, 0.05) is 31.7 Å². The maximum atomic E-state index is 12.1. The molecule has 2 aromatic rings. The smallest absolute Gasteiger partial charge is 0.410 e. The number of piperazine rings is 1. The maximum Gasteiger partial charge on any atom is 0.410 e. The minimum atomic E-state index is -0.457. The van der Waals surface area contributed by atoms with Gasteiger partial charge in [-0.1, -0.05) is 13.8 Å². The second kappa shape index (κ2) is 7.72. The van der Waals surface area contributed by atoms with E-state index in [4.69, 9.17) is 4.74 Å². The molecule has 0 aromatic carbocycles. The van der Waals surface area contributed by atoms with E-state index >= 15 is 0 Å². The van der Waals surface area contributed by atoms with Crippen LogP contribution in [-0.2, 0) is 4.74 Å². The summed E-state index contributed by atoms with van der Waals surface area (Å²) in [6.07, 6.45) is 5.42. The molecule has 0 bridgehead atoms. The van der Waals surface area contributed by atoms with Crippen LogP contribution in [0.1, 0.15) is 40.2 Å². The van der Waals surface area contributed by atoms with Crippen LogP contribution in [0.4, 0.5) is 10.5 Å². The lowest BCUT2D eigenvalue weighted by Gasteiger charge is -2.36. The Hall–Kier alpha value is -2.31. The van der Waals surface area contributed by atoms with Gasteiger partial charge in [0.15, 0.2) is 5.65 Å². The predicted octanol–water partition coefficient (Wildman–Crippen LogP) is 3.12. The van der Waals surface area contributed by atoms with E-state index in [1.54, 1.807) is 9.42 Å². The van der Waals surface area contributed by atoms with Gasteiger partial charge in [-0.2, -0.15) is 5.10 Å². The fourth-order valence-corrected chi connectivity index (χ4v) is 2.62. The number of carbonyl (C=O) groups is 1. The third-order valence-electron chi connectivity index (χ3n) is 3.82. The van der Waals surface area contributed by atoms with Gasteiger partial charge in [0.2, 0.25) is 0 Å². The predicted molar refractivity (Wildman–Crippen MR) is 99.1 cm³/mol. The van der Waals surface area contributed by atoms with Crippen LogP contribution in [0, 0.1) is 6.92 Å². The van der Waals surface area contributed by atoms with Crippen LogP contribution < -0.4 is 4.90 Å². The minimum absolute atomic E-state index is 0.242. The highest BCUT2D eigenvalue weighted by molar-refractivity contribution is 5.68. The van der Waals surface area contributed by atoms with Crippen molar-refractivity contribution in [1.82, 2.24) is 19.5 Å². The van der Waals surface area contributed by atoms with Gasteiger partial charge in [-0.05, 0) is 27.7 Å². The van der Waals surface area contributed by atoms with Crippen LogP contribution in [0.25, 0.3) is 5.65 Å². The highest BCUT2D eigenvalue weighted by Crippen LogP contribution is 2.18. The molecule has 0 aliphatic carbocycles. The quantitative estimate of drug-likeness (QED) is 0.793. The number of nitrogens with zero attached hydrogens (tertiary/aromatic N) is 5. The highest BCUT2D eigenvalue weighted by Gasteiger charge is 2.26. The van der Waals surface area contributed by atoms with Crippen molar-refractivity contribution in [2.45, 2.75) is 47.1 Å². The Morgan fingerprint density at radius 2 is 1.76 bits per heavy atom. The Bertz CT molecular complexity index is 712. The first kappa shape index (κ1) is 19.0. The molecule has 138 valence electrons. The van der Waals surface area contributed by atoms with E-state index in [1.807, 2.05) is 60.1 Å². The van der Waals surface area contributed by atoms with Gasteiger partial charge in [0.05, 0.1) is 24.3 Å². The molecule has 25 heavy (non-hydrogen) atoms. The number of fused-ring (bicyclic) bond motifs is 1. The number of carbonyl (C=O) groups excluding carboxylic acids is 1. The number of rotatable bonds is 1. The Kier molecular flexibility index (Phi) is 5.87. The van der Waals surface area contributed by atoms with E-state index in [1.165, 1.54) is 0 Å². The van der Waals surface area contributed by atoms with Gasteiger partial charge in [0.1, 0.15) is 5.60 Å². The number of anilines is 1. The summed E-state index contributed by atoms with van der Waals surface area (Å²) in [4.78, 5) is 20.5. The van der Waals surface area contributed by atoms with E-state index in [-0.39, 0.29) is 6.09 Å². The van der Waals surface area contributed by atoms with Crippen LogP contribution >= 0.6 is 0 Å². The second-order valence-electron chi connectivity index (χ2n) is 6.86. The van der Waals surface area contributed by atoms with Gasteiger partial charge in [0.25, 0.3) is 0 Å². The third kappa shape index (κ3) is 4.61. The largest absolute Gasteiger partial charge is 0.444 e. The highest BCUT2D eigenvalue weighted by atomic mass is 16.6. The lowest BCUT2D eigenvalue weighted by atomic mass is 10.2. The lowest BCUT2D eigenvalue weighted by Crippen LogP contribution is -2.50. The number of aromatic nitrogens is 3. The SMILES string of the molecule is CC.Cc1cnn2cc(N3CCN(C(=O)OC(C)(C)C)CC3)cnc12. The fraction of sp³-hybridized carbons (Fsp3) is 0.611. The topological polar surface area (TPSA) is 63.0 Å². The minimum Gasteiger partial charge on any atom is -0.444 e. The van der Waals surface area contributed by atoms with Crippen LogP contribution in [0.3, 0.4) is 0 Å². The molecule has 2 aromatic heterocycles. The first-order valence-corrected chi connectivity index (χ1v) is 8.86. The average molecular weight is 347 g/mol. The molecule has 1 saturated heterocycles. The fourth-order valence-electron chi connectivity index (χ4n) is 2.62. The van der Waals surface area contributed by atoms with Crippen LogP contribution in [-0.4, -0.2) is 57.4 Å². The first-order chi connectivity index (χ1) is 11.8. The van der Waals surface area contributed by atoms with Gasteiger partial charge < -0.3 is 14.5 Å². The number of amides is 1. The van der Waals surface area contributed by atoms with Crippen molar-refractivity contribution >= 4 is 17.4 Å². The molecule has 0 spiro atoms. The molecular formula is C18H29N5O2. The van der Waals surface area contributed by atoms with Crippen molar-refractivity contribution in [3.63, 3.8) is 0 Å². The van der Waals surface area contributed by atoms with Crippen molar-refractivity contribution in [2.24, 2.45) is 0 Å². The Morgan fingerprint density at radius 3 is 2.36 bits per heavy atom. The van der Waals surface area contributed by atoms with Gasteiger partial charge >= 0.3 is 6.09 Å². The van der Waals surface area contributed by atoms with Crippen molar-refractivity contribution < 1.29 is 9.53 Å². The summed E-state index contributed by atoms with van der Waals surface area (Å²) in [7, 11) is 0. The molecule has 1 fully saturated rings. The Morgan fingerprint density at radius 1 is 1.12 bits per heavy atom. The summed E-state index contributed by atoms with van der Waals surface area (Å²) >= 11 is 0. The summed E-state index contributed by atoms with van der Waals surface area (Å²) in [5, 5.41) is 4.30. The normalized spacial score (nSPS) is 15.0. The van der Waals surface area contributed by atoms with E-state index in [2.05, 4.69) is 15.0 Å². The molecule has 0 N–H and O–H groups in total. The summed E-state index contributed by atoms with van der Waals surface area (Å²) < 4.78 is 7.22. The van der Waals surface area contributed by atoms with Gasteiger partial charge in [-0.3, -0.25) is 0 Å². The van der Waals surface area contributed by atoms with Crippen molar-refractivity contribution in [1.29, 1.82) is 0 Å². The summed E-state index contributed by atoms with van der Waals surface area (Å²) in [6.45, 7) is 14.4. The zero-order chi connectivity index (χ0) is 18.6. The molecule has 3 heterocycles. The van der Waals surface area contributed by atoms with E-state index in [0.29, 0.717) is 13.1 Å². The number of hydrogen-bond donors (Lipinski definition) is 0. The number of aryl methyl sites for hydroxylation is 1. The maximum absolute atomic E-state index is 12.1. The molecule has 1 amide bonds. The average Bonchev–Trinajstić information content (AvgIpc) is 2.96. The zero-order valence-electron chi connectivity index (χ0n) is 16.1. The van der Waals surface area contributed by atoms with Crippen LogP contribution in [0.5, 0.6) is 0 Å². The van der Waals surface area contributed by atoms with Crippen LogP contribution in [0.15, 0.2) is 18.6 Å². The van der Waals surface area contributed by atoms with Crippen molar-refractivity contribution in [2.75, 3.05) is 31.1 Å². The molecule has 3 rings (SSSR count). The second-order valence-corrected chi connectivity index (χ2v) is 6.86. The molecule has 0 atom stereocenters. The van der Waals surface area contributed by atoms with E-state index in [9.17, 15) is 4.79 Å². The van der Waals surface area contributed by atoms with Gasteiger partial charge in [-0.25, -0.2) is 14.3 Å². The standard InChI is InChI=1S/C16H23N5O2.C2H6/c1-12-9-18-21-11-13(10-17-14(12)21)19-5-7-20(8-6-19)15(22)23-16(2,3)4;1-2/h9-11H,5-8H2,1-4H3;1-2H3.